The maximum atomic E-state index is 13.1. The van der Waals surface area contributed by atoms with E-state index in [1.807, 2.05) is 0 Å². The number of hydrogen-bond donors (Lipinski definition) is 2. The number of ether oxygens (including phenoxy) is 1. The van der Waals surface area contributed by atoms with Gasteiger partial charge in [0.2, 0.25) is 5.91 Å². The van der Waals surface area contributed by atoms with Gasteiger partial charge in [-0.25, -0.2) is 13.6 Å². The highest BCUT2D eigenvalue weighted by atomic mass is 19.2. The zero-order chi connectivity index (χ0) is 20.8. The molecule has 2 rings (SSSR count). The Hall–Kier alpha value is -3.89. The van der Waals surface area contributed by atoms with Gasteiger partial charge in [-0.05, 0) is 18.2 Å². The van der Waals surface area contributed by atoms with E-state index >= 15 is 0 Å². The highest BCUT2D eigenvalue weighted by molar-refractivity contribution is 6.01. The van der Waals surface area contributed by atoms with E-state index in [-0.39, 0.29) is 16.8 Å². The summed E-state index contributed by atoms with van der Waals surface area (Å²) in [5, 5.41) is 15.4. The molecule has 2 aromatic carbocycles. The van der Waals surface area contributed by atoms with Gasteiger partial charge in [0.05, 0.1) is 24.1 Å². The van der Waals surface area contributed by atoms with Gasteiger partial charge in [-0.2, -0.15) is 0 Å². The lowest BCUT2D eigenvalue weighted by Crippen LogP contribution is -2.33. The van der Waals surface area contributed by atoms with Gasteiger partial charge >= 0.3 is 5.97 Å². The summed E-state index contributed by atoms with van der Waals surface area (Å²) in [6.07, 6.45) is 0. The number of carbonyl (C=O) groups is 3. The van der Waals surface area contributed by atoms with Crippen molar-refractivity contribution < 1.29 is 32.8 Å². The molecule has 0 heterocycles. The van der Waals surface area contributed by atoms with Gasteiger partial charge in [-0.1, -0.05) is 0 Å². The van der Waals surface area contributed by atoms with E-state index in [1.165, 1.54) is 0 Å². The minimum absolute atomic E-state index is 0.0264. The Labute approximate surface area is 156 Å². The van der Waals surface area contributed by atoms with Gasteiger partial charge in [0.25, 0.3) is 11.6 Å². The number of nitrogens with one attached hydrogen (secondary N) is 2. The number of carbonyl (C=O) groups excluding carboxylic acids is 3. The van der Waals surface area contributed by atoms with Crippen LogP contribution in [0.1, 0.15) is 20.7 Å². The van der Waals surface area contributed by atoms with Crippen molar-refractivity contribution in [2.45, 2.75) is 0 Å². The zero-order valence-corrected chi connectivity index (χ0v) is 14.3. The van der Waals surface area contributed by atoms with E-state index < -0.39 is 46.6 Å². The topological polar surface area (TPSA) is 128 Å². The van der Waals surface area contributed by atoms with Crippen molar-refractivity contribution in [1.82, 2.24) is 5.32 Å². The molecule has 0 saturated carbocycles. The molecule has 0 unspecified atom stereocenters. The number of nitrogens with zero attached hydrogens (tertiary/aromatic N) is 1. The van der Waals surface area contributed by atoms with Crippen LogP contribution >= 0.6 is 0 Å². The van der Waals surface area contributed by atoms with Crippen molar-refractivity contribution in [1.29, 1.82) is 0 Å². The number of halogens is 2. The molecule has 9 nitrogen and oxygen atoms in total. The minimum atomic E-state index is -1.16. The van der Waals surface area contributed by atoms with Gasteiger partial charge in [-0.3, -0.25) is 19.7 Å². The average molecular weight is 393 g/mol. The van der Waals surface area contributed by atoms with Crippen molar-refractivity contribution in [3.8, 4) is 0 Å². The normalized spacial score (nSPS) is 10.1. The third kappa shape index (κ3) is 5.06. The summed E-state index contributed by atoms with van der Waals surface area (Å²) in [5.41, 5.74) is -0.996. The van der Waals surface area contributed by atoms with Gasteiger partial charge < -0.3 is 15.4 Å². The number of benzene rings is 2. The molecule has 0 bridgehead atoms. The van der Waals surface area contributed by atoms with Crippen LogP contribution in [0.3, 0.4) is 0 Å². The van der Waals surface area contributed by atoms with E-state index in [4.69, 9.17) is 0 Å². The number of non-ortho nitro benzene ring substituents is 1. The first kappa shape index (κ1) is 20.4. The quantitative estimate of drug-likeness (QED) is 0.439. The van der Waals surface area contributed by atoms with Crippen LogP contribution in [0.5, 0.6) is 0 Å². The standard InChI is InChI=1S/C17H13F2N3O6/c1-28-17(25)10-4-9(5-12(6-10)22(26)27)16(24)20-8-15(23)21-11-2-3-13(18)14(19)7-11/h2-7H,8H2,1H3,(H,20,24)(H,21,23). The van der Waals surface area contributed by atoms with Crippen LogP contribution in [-0.2, 0) is 9.53 Å². The summed E-state index contributed by atoms with van der Waals surface area (Å²) in [4.78, 5) is 45.7. The van der Waals surface area contributed by atoms with E-state index in [1.54, 1.807) is 0 Å². The second-order valence-corrected chi connectivity index (χ2v) is 5.38. The number of rotatable bonds is 6. The molecule has 2 N–H and O–H groups in total. The molecule has 2 amide bonds. The number of nitro benzene ring substituents is 1. The predicted octanol–water partition coefficient (Wildman–Crippen LogP) is 2.03. The van der Waals surface area contributed by atoms with Gasteiger partial charge in [0.15, 0.2) is 11.6 Å². The highest BCUT2D eigenvalue weighted by Gasteiger charge is 2.19. The molecule has 0 aliphatic rings. The van der Waals surface area contributed by atoms with Crippen molar-refractivity contribution in [2.75, 3.05) is 19.0 Å². The number of anilines is 1. The van der Waals surface area contributed by atoms with Crippen LogP contribution < -0.4 is 10.6 Å². The summed E-state index contributed by atoms with van der Waals surface area (Å²) in [5.74, 6) is -4.74. The molecule has 0 fully saturated rings. The molecular formula is C17H13F2N3O6. The third-order valence-corrected chi connectivity index (χ3v) is 3.42. The van der Waals surface area contributed by atoms with Gasteiger partial charge in [0.1, 0.15) is 0 Å². The fourth-order valence-corrected chi connectivity index (χ4v) is 2.13. The Morgan fingerprint density at radius 3 is 2.36 bits per heavy atom. The highest BCUT2D eigenvalue weighted by Crippen LogP contribution is 2.18. The molecule has 0 spiro atoms. The molecule has 146 valence electrons. The predicted molar refractivity (Wildman–Crippen MR) is 91.8 cm³/mol. The lowest BCUT2D eigenvalue weighted by Gasteiger charge is -2.08. The summed E-state index contributed by atoms with van der Waals surface area (Å²) < 4.78 is 30.4. The Morgan fingerprint density at radius 1 is 1.07 bits per heavy atom. The van der Waals surface area contributed by atoms with Crippen molar-refractivity contribution >= 4 is 29.2 Å². The van der Waals surface area contributed by atoms with Crippen molar-refractivity contribution in [3.05, 3.63) is 69.3 Å². The first-order valence-corrected chi connectivity index (χ1v) is 7.62. The van der Waals surface area contributed by atoms with Crippen LogP contribution in [0.2, 0.25) is 0 Å². The average Bonchev–Trinajstić information content (AvgIpc) is 2.67. The van der Waals surface area contributed by atoms with Crippen LogP contribution in [-0.4, -0.2) is 36.4 Å². The van der Waals surface area contributed by atoms with Crippen LogP contribution in [0, 0.1) is 21.7 Å². The molecule has 0 aromatic heterocycles. The molecule has 0 atom stereocenters. The molecule has 0 aliphatic carbocycles. The summed E-state index contributed by atoms with van der Waals surface area (Å²) in [7, 11) is 1.07. The van der Waals surface area contributed by atoms with Gasteiger partial charge in [0, 0.05) is 29.4 Å². The molecular weight excluding hydrogens is 380 g/mol. The smallest absolute Gasteiger partial charge is 0.338 e. The lowest BCUT2D eigenvalue weighted by molar-refractivity contribution is -0.384. The number of methoxy groups -OCH3 is 1. The monoisotopic (exact) mass is 393 g/mol. The Bertz CT molecular complexity index is 964. The first-order valence-electron chi connectivity index (χ1n) is 7.62. The lowest BCUT2D eigenvalue weighted by atomic mass is 10.1. The molecule has 0 saturated heterocycles. The zero-order valence-electron chi connectivity index (χ0n) is 14.3. The van der Waals surface area contributed by atoms with E-state index in [2.05, 4.69) is 15.4 Å². The first-order chi connectivity index (χ1) is 13.2. The van der Waals surface area contributed by atoms with E-state index in [9.17, 15) is 33.3 Å². The molecule has 2 aromatic rings. The van der Waals surface area contributed by atoms with Crippen LogP contribution in [0.15, 0.2) is 36.4 Å². The Balaban J connectivity index is 2.08. The molecule has 0 radical (unpaired) electrons. The number of nitro groups is 1. The van der Waals surface area contributed by atoms with E-state index in [0.717, 1.165) is 43.5 Å². The van der Waals surface area contributed by atoms with Crippen LogP contribution in [0.4, 0.5) is 20.2 Å². The summed E-state index contributed by atoms with van der Waals surface area (Å²) >= 11 is 0. The number of amides is 2. The fourth-order valence-electron chi connectivity index (χ4n) is 2.13. The summed E-state index contributed by atoms with van der Waals surface area (Å²) in [6.45, 7) is -0.561. The summed E-state index contributed by atoms with van der Waals surface area (Å²) in [6, 6.07) is 5.65. The number of esters is 1. The fraction of sp³-hybridized carbons (Fsp3) is 0.118. The molecule has 0 aliphatic heterocycles. The van der Waals surface area contributed by atoms with Gasteiger partial charge in [-0.15, -0.1) is 0 Å². The van der Waals surface area contributed by atoms with Crippen molar-refractivity contribution in [3.63, 3.8) is 0 Å². The molecule has 28 heavy (non-hydrogen) atoms. The number of hydrogen-bond acceptors (Lipinski definition) is 6. The van der Waals surface area contributed by atoms with E-state index in [0.29, 0.717) is 0 Å². The minimum Gasteiger partial charge on any atom is -0.465 e. The maximum Gasteiger partial charge on any atom is 0.338 e. The third-order valence-electron chi connectivity index (χ3n) is 3.42. The Morgan fingerprint density at radius 2 is 1.75 bits per heavy atom. The van der Waals surface area contributed by atoms with Crippen LogP contribution in [0.25, 0.3) is 0 Å². The second kappa shape index (κ2) is 8.66. The molecule has 11 heteroatoms. The second-order valence-electron chi connectivity index (χ2n) is 5.38. The Kier molecular flexibility index (Phi) is 6.32. The van der Waals surface area contributed by atoms with Crippen molar-refractivity contribution in [2.24, 2.45) is 0 Å². The SMILES string of the molecule is COC(=O)c1cc(C(=O)NCC(=O)Nc2ccc(F)c(F)c2)cc([N+](=O)[O-])c1. The maximum absolute atomic E-state index is 13.1. The largest absolute Gasteiger partial charge is 0.465 e.